The van der Waals surface area contributed by atoms with Gasteiger partial charge in [-0.1, -0.05) is 13.8 Å². The maximum absolute atomic E-state index is 12.3. The monoisotopic (exact) mass is 260 g/mol. The van der Waals surface area contributed by atoms with Crippen molar-refractivity contribution in [3.8, 4) is 5.82 Å². The Kier molecular flexibility index (Phi) is 3.74. The molecule has 1 atom stereocenters. The number of nitrogens with zero attached hydrogens (tertiary/aromatic N) is 3. The van der Waals surface area contributed by atoms with Gasteiger partial charge in [0.1, 0.15) is 11.4 Å². The van der Waals surface area contributed by atoms with Crippen LogP contribution in [0.4, 0.5) is 0 Å². The number of rotatable bonds is 4. The van der Waals surface area contributed by atoms with Crippen LogP contribution in [0.2, 0.25) is 0 Å². The highest BCUT2D eigenvalue weighted by atomic mass is 16.1. The number of aryl methyl sites for hydroxylation is 1. The summed E-state index contributed by atoms with van der Waals surface area (Å²) in [5.41, 5.74) is 0.589. The Balaban J connectivity index is 2.29. The van der Waals surface area contributed by atoms with Crippen molar-refractivity contribution in [3.05, 3.63) is 36.3 Å². The minimum Gasteiger partial charge on any atom is -0.349 e. The second-order valence-electron chi connectivity index (χ2n) is 5.10. The molecule has 0 fully saturated rings. The first-order chi connectivity index (χ1) is 9.00. The summed E-state index contributed by atoms with van der Waals surface area (Å²) in [6, 6.07) is 3.97. The van der Waals surface area contributed by atoms with E-state index in [-0.39, 0.29) is 11.9 Å². The van der Waals surface area contributed by atoms with Crippen molar-refractivity contribution in [2.75, 3.05) is 0 Å². The number of nitrogens with one attached hydrogen (secondary N) is 1. The van der Waals surface area contributed by atoms with Gasteiger partial charge in [0.05, 0.1) is 6.20 Å². The molecule has 0 spiro atoms. The van der Waals surface area contributed by atoms with Gasteiger partial charge in [-0.25, -0.2) is 0 Å². The lowest BCUT2D eigenvalue weighted by Gasteiger charge is -2.17. The molecule has 0 aliphatic carbocycles. The third kappa shape index (κ3) is 2.70. The van der Waals surface area contributed by atoms with Gasteiger partial charge in [0.2, 0.25) is 0 Å². The zero-order valence-corrected chi connectivity index (χ0v) is 11.8. The van der Waals surface area contributed by atoms with Gasteiger partial charge in [-0.2, -0.15) is 5.10 Å². The summed E-state index contributed by atoms with van der Waals surface area (Å²) >= 11 is 0. The second-order valence-corrected chi connectivity index (χ2v) is 5.10. The first-order valence-corrected chi connectivity index (χ1v) is 6.47. The fourth-order valence-corrected chi connectivity index (χ4v) is 1.82. The lowest BCUT2D eigenvalue weighted by molar-refractivity contribution is 0.0930. The number of aromatic nitrogens is 3. The number of amides is 1. The Bertz CT molecular complexity index is 554. The zero-order chi connectivity index (χ0) is 14.0. The van der Waals surface area contributed by atoms with E-state index in [2.05, 4.69) is 24.3 Å². The topological polar surface area (TPSA) is 51.9 Å². The Labute approximate surface area is 113 Å². The van der Waals surface area contributed by atoms with E-state index in [1.807, 2.05) is 43.1 Å². The van der Waals surface area contributed by atoms with Gasteiger partial charge in [-0.05, 0) is 25.0 Å². The molecule has 1 unspecified atom stereocenters. The maximum Gasteiger partial charge on any atom is 0.256 e. The highest BCUT2D eigenvalue weighted by molar-refractivity contribution is 5.97. The minimum atomic E-state index is -0.0852. The van der Waals surface area contributed by atoms with Gasteiger partial charge in [-0.3, -0.25) is 9.48 Å². The Morgan fingerprint density at radius 3 is 2.47 bits per heavy atom. The third-order valence-electron chi connectivity index (χ3n) is 3.36. The third-order valence-corrected chi connectivity index (χ3v) is 3.36. The summed E-state index contributed by atoms with van der Waals surface area (Å²) in [6.07, 6.45) is 5.41. The average Bonchev–Trinajstić information content (AvgIpc) is 2.97. The van der Waals surface area contributed by atoms with Crippen LogP contribution < -0.4 is 5.32 Å². The van der Waals surface area contributed by atoms with Crippen molar-refractivity contribution in [3.63, 3.8) is 0 Å². The summed E-state index contributed by atoms with van der Waals surface area (Å²) in [6.45, 7) is 6.18. The SMILES string of the molecule is CC(C)C(C)NC(=O)c1cnn(C)c1-n1cccc1. The summed E-state index contributed by atoms with van der Waals surface area (Å²) in [4.78, 5) is 12.3. The van der Waals surface area contributed by atoms with Crippen molar-refractivity contribution in [2.24, 2.45) is 13.0 Å². The molecule has 2 aromatic heterocycles. The van der Waals surface area contributed by atoms with Crippen LogP contribution in [0.1, 0.15) is 31.1 Å². The largest absolute Gasteiger partial charge is 0.349 e. The van der Waals surface area contributed by atoms with Crippen molar-refractivity contribution in [2.45, 2.75) is 26.8 Å². The molecule has 0 aromatic carbocycles. The minimum absolute atomic E-state index is 0.0852. The quantitative estimate of drug-likeness (QED) is 0.914. The van der Waals surface area contributed by atoms with Crippen molar-refractivity contribution in [1.82, 2.24) is 19.7 Å². The van der Waals surface area contributed by atoms with Crippen molar-refractivity contribution >= 4 is 5.91 Å². The molecule has 0 aliphatic heterocycles. The van der Waals surface area contributed by atoms with E-state index in [0.29, 0.717) is 11.5 Å². The van der Waals surface area contributed by atoms with Crippen LogP contribution in [0.5, 0.6) is 0 Å². The molecule has 0 radical (unpaired) electrons. The van der Waals surface area contributed by atoms with Gasteiger partial charge in [0, 0.05) is 25.5 Å². The van der Waals surface area contributed by atoms with Crippen LogP contribution in [0, 0.1) is 5.92 Å². The zero-order valence-electron chi connectivity index (χ0n) is 11.8. The molecule has 1 N–H and O–H groups in total. The summed E-state index contributed by atoms with van der Waals surface area (Å²) in [7, 11) is 1.83. The van der Waals surface area contributed by atoms with Crippen LogP contribution in [0.15, 0.2) is 30.7 Å². The maximum atomic E-state index is 12.3. The average molecular weight is 260 g/mol. The Hall–Kier alpha value is -2.04. The van der Waals surface area contributed by atoms with Gasteiger partial charge in [-0.15, -0.1) is 0 Å². The lowest BCUT2D eigenvalue weighted by atomic mass is 10.1. The normalized spacial score (nSPS) is 12.7. The predicted octanol–water partition coefficient (Wildman–Crippen LogP) is 1.99. The highest BCUT2D eigenvalue weighted by Crippen LogP contribution is 2.14. The summed E-state index contributed by atoms with van der Waals surface area (Å²) in [5, 5.41) is 7.19. The molecule has 5 heteroatoms. The van der Waals surface area contributed by atoms with Crippen LogP contribution in [-0.2, 0) is 7.05 Å². The van der Waals surface area contributed by atoms with Crippen LogP contribution >= 0.6 is 0 Å². The Morgan fingerprint density at radius 2 is 1.89 bits per heavy atom. The molecule has 0 bridgehead atoms. The molecule has 0 aliphatic rings. The van der Waals surface area contributed by atoms with Crippen molar-refractivity contribution in [1.29, 1.82) is 0 Å². The molecule has 2 rings (SSSR count). The molecule has 2 aromatic rings. The van der Waals surface area contributed by atoms with Gasteiger partial charge < -0.3 is 9.88 Å². The van der Waals surface area contributed by atoms with Crippen molar-refractivity contribution < 1.29 is 4.79 Å². The van der Waals surface area contributed by atoms with E-state index in [9.17, 15) is 4.79 Å². The predicted molar refractivity (Wildman–Crippen MR) is 74.3 cm³/mol. The first-order valence-electron chi connectivity index (χ1n) is 6.47. The fourth-order valence-electron chi connectivity index (χ4n) is 1.82. The van der Waals surface area contributed by atoms with E-state index < -0.39 is 0 Å². The molecule has 102 valence electrons. The van der Waals surface area contributed by atoms with Crippen LogP contribution in [0.3, 0.4) is 0 Å². The number of carbonyl (C=O) groups excluding carboxylic acids is 1. The molecule has 1 amide bonds. The number of hydrogen-bond acceptors (Lipinski definition) is 2. The molecular weight excluding hydrogens is 240 g/mol. The van der Waals surface area contributed by atoms with Crippen LogP contribution in [0.25, 0.3) is 5.82 Å². The smallest absolute Gasteiger partial charge is 0.256 e. The van der Waals surface area contributed by atoms with E-state index in [1.54, 1.807) is 10.9 Å². The summed E-state index contributed by atoms with van der Waals surface area (Å²) < 4.78 is 3.59. The van der Waals surface area contributed by atoms with E-state index in [0.717, 1.165) is 5.82 Å². The second kappa shape index (κ2) is 5.30. The molecule has 19 heavy (non-hydrogen) atoms. The molecule has 0 saturated carbocycles. The molecular formula is C14H20N4O. The standard InChI is InChI=1S/C14H20N4O/c1-10(2)11(3)16-13(19)12-9-15-17(4)14(12)18-7-5-6-8-18/h5-11H,1-4H3,(H,16,19). The van der Waals surface area contributed by atoms with Gasteiger partial charge in [0.15, 0.2) is 0 Å². The Morgan fingerprint density at radius 1 is 1.26 bits per heavy atom. The molecule has 5 nitrogen and oxygen atoms in total. The highest BCUT2D eigenvalue weighted by Gasteiger charge is 2.19. The van der Waals surface area contributed by atoms with E-state index >= 15 is 0 Å². The number of carbonyl (C=O) groups is 1. The number of hydrogen-bond donors (Lipinski definition) is 1. The summed E-state index contributed by atoms with van der Waals surface area (Å²) in [5.74, 6) is 1.09. The first kappa shape index (κ1) is 13.4. The van der Waals surface area contributed by atoms with E-state index in [4.69, 9.17) is 0 Å². The van der Waals surface area contributed by atoms with Gasteiger partial charge >= 0.3 is 0 Å². The fraction of sp³-hybridized carbons (Fsp3) is 0.429. The van der Waals surface area contributed by atoms with Crippen LogP contribution in [-0.4, -0.2) is 26.3 Å². The van der Waals surface area contributed by atoms with E-state index in [1.165, 1.54) is 0 Å². The molecule has 2 heterocycles. The van der Waals surface area contributed by atoms with Gasteiger partial charge in [0.25, 0.3) is 5.91 Å². The molecule has 0 saturated heterocycles. The lowest BCUT2D eigenvalue weighted by Crippen LogP contribution is -2.36.